The Bertz CT molecular complexity index is 1070. The summed E-state index contributed by atoms with van der Waals surface area (Å²) >= 11 is 0. The standard InChI is InChI=1S/C19H22N4O3S/c1-13-19(10-21-23(13)2)27(24,25)22-18-12-26-11-15(18)9-14-7-8-20-17-6-4-3-5-16(14)17/h3-8,10,15,18,22H,9,11-12H2,1-2H3/t15-,18+/m1/s1. The molecule has 3 heterocycles. The summed E-state index contributed by atoms with van der Waals surface area (Å²) in [6.07, 6.45) is 3.91. The maximum absolute atomic E-state index is 12.8. The largest absolute Gasteiger partial charge is 0.379 e. The van der Waals surface area contributed by atoms with Crippen LogP contribution < -0.4 is 4.72 Å². The Morgan fingerprint density at radius 2 is 2.07 bits per heavy atom. The molecule has 4 rings (SSSR count). The normalized spacial score (nSPS) is 20.4. The second-order valence-electron chi connectivity index (χ2n) is 6.93. The number of sulfonamides is 1. The lowest BCUT2D eigenvalue weighted by atomic mass is 9.93. The minimum atomic E-state index is -3.65. The van der Waals surface area contributed by atoms with Gasteiger partial charge in [0.05, 0.1) is 36.7 Å². The van der Waals surface area contributed by atoms with Crippen LogP contribution in [0.15, 0.2) is 47.6 Å². The van der Waals surface area contributed by atoms with Gasteiger partial charge in [-0.05, 0) is 31.0 Å². The fourth-order valence-electron chi connectivity index (χ4n) is 3.55. The molecule has 0 amide bonds. The van der Waals surface area contributed by atoms with Gasteiger partial charge in [-0.15, -0.1) is 0 Å². The number of aromatic nitrogens is 3. The first-order chi connectivity index (χ1) is 13.0. The van der Waals surface area contributed by atoms with Crippen LogP contribution in [-0.2, 0) is 28.2 Å². The summed E-state index contributed by atoms with van der Waals surface area (Å²) in [5.74, 6) is 0.0579. The third kappa shape index (κ3) is 3.47. The van der Waals surface area contributed by atoms with Gasteiger partial charge >= 0.3 is 0 Å². The number of nitrogens with zero attached hydrogens (tertiary/aromatic N) is 3. The molecule has 3 aromatic rings. The molecule has 7 nitrogen and oxygen atoms in total. The van der Waals surface area contributed by atoms with Crippen LogP contribution in [0.5, 0.6) is 0 Å². The minimum absolute atomic E-state index is 0.0579. The Labute approximate surface area is 158 Å². The van der Waals surface area contributed by atoms with E-state index in [4.69, 9.17) is 4.74 Å². The SMILES string of the molecule is Cc1c(S(=O)(=O)N[C@H]2COC[C@H]2Cc2ccnc3ccccc23)cnn1C. The quantitative estimate of drug-likeness (QED) is 0.723. The third-order valence-electron chi connectivity index (χ3n) is 5.21. The molecule has 1 aliphatic rings. The maximum atomic E-state index is 12.8. The van der Waals surface area contributed by atoms with E-state index in [1.165, 1.54) is 6.20 Å². The highest BCUT2D eigenvalue weighted by atomic mass is 32.2. The van der Waals surface area contributed by atoms with Crippen molar-refractivity contribution in [3.05, 3.63) is 54.0 Å². The molecule has 2 atom stereocenters. The second kappa shape index (κ2) is 7.03. The molecule has 0 unspecified atom stereocenters. The van der Waals surface area contributed by atoms with Crippen molar-refractivity contribution in [1.29, 1.82) is 0 Å². The fraction of sp³-hybridized carbons (Fsp3) is 0.368. The molecule has 1 aliphatic heterocycles. The number of hydrogen-bond acceptors (Lipinski definition) is 5. The van der Waals surface area contributed by atoms with Gasteiger partial charge in [-0.25, -0.2) is 13.1 Å². The van der Waals surface area contributed by atoms with Gasteiger partial charge in [-0.2, -0.15) is 5.10 Å². The fourth-order valence-corrected chi connectivity index (χ4v) is 5.04. The molecule has 27 heavy (non-hydrogen) atoms. The monoisotopic (exact) mass is 386 g/mol. The molecular weight excluding hydrogens is 364 g/mol. The smallest absolute Gasteiger partial charge is 0.244 e. The molecule has 0 aliphatic carbocycles. The van der Waals surface area contributed by atoms with Gasteiger partial charge in [0.1, 0.15) is 4.90 Å². The average molecular weight is 386 g/mol. The van der Waals surface area contributed by atoms with E-state index in [1.807, 2.05) is 30.3 Å². The zero-order chi connectivity index (χ0) is 19.0. The number of aryl methyl sites for hydroxylation is 1. The lowest BCUT2D eigenvalue weighted by Crippen LogP contribution is -2.40. The Morgan fingerprint density at radius 3 is 2.85 bits per heavy atom. The summed E-state index contributed by atoms with van der Waals surface area (Å²) < 4.78 is 35.6. The van der Waals surface area contributed by atoms with E-state index in [-0.39, 0.29) is 16.9 Å². The van der Waals surface area contributed by atoms with Crippen molar-refractivity contribution >= 4 is 20.9 Å². The summed E-state index contributed by atoms with van der Waals surface area (Å²) in [7, 11) is -1.92. The Morgan fingerprint density at radius 1 is 1.26 bits per heavy atom. The molecule has 1 N–H and O–H groups in total. The van der Waals surface area contributed by atoms with Crippen molar-refractivity contribution in [3.8, 4) is 0 Å². The molecule has 142 valence electrons. The van der Waals surface area contributed by atoms with E-state index >= 15 is 0 Å². The summed E-state index contributed by atoms with van der Waals surface area (Å²) in [6.45, 7) is 2.63. The van der Waals surface area contributed by atoms with Crippen molar-refractivity contribution in [2.45, 2.75) is 24.3 Å². The van der Waals surface area contributed by atoms with Crippen LogP contribution in [0.4, 0.5) is 0 Å². The Hall–Kier alpha value is -2.29. The number of para-hydroxylation sites is 1. The van der Waals surface area contributed by atoms with Crippen LogP contribution >= 0.6 is 0 Å². The van der Waals surface area contributed by atoms with E-state index in [2.05, 4.69) is 14.8 Å². The Kier molecular flexibility index (Phi) is 4.71. The van der Waals surface area contributed by atoms with Crippen molar-refractivity contribution < 1.29 is 13.2 Å². The predicted octanol–water partition coefficient (Wildman–Crippen LogP) is 1.81. The van der Waals surface area contributed by atoms with E-state index < -0.39 is 10.0 Å². The van der Waals surface area contributed by atoms with Crippen LogP contribution in [-0.4, -0.2) is 42.4 Å². The first-order valence-corrected chi connectivity index (χ1v) is 10.4. The summed E-state index contributed by atoms with van der Waals surface area (Å²) in [5.41, 5.74) is 2.70. The summed E-state index contributed by atoms with van der Waals surface area (Å²) in [6, 6.07) is 9.70. The van der Waals surface area contributed by atoms with E-state index in [1.54, 1.807) is 24.9 Å². The second-order valence-corrected chi connectivity index (χ2v) is 8.62. The molecule has 1 saturated heterocycles. The van der Waals surface area contributed by atoms with Gasteiger partial charge in [0.15, 0.2) is 0 Å². The van der Waals surface area contributed by atoms with Crippen molar-refractivity contribution in [3.63, 3.8) is 0 Å². The highest BCUT2D eigenvalue weighted by molar-refractivity contribution is 7.89. The number of pyridine rings is 1. The Balaban J connectivity index is 1.57. The zero-order valence-corrected chi connectivity index (χ0v) is 16.1. The van der Waals surface area contributed by atoms with Gasteiger partial charge in [-0.1, -0.05) is 18.2 Å². The summed E-state index contributed by atoms with van der Waals surface area (Å²) in [5, 5.41) is 5.13. The third-order valence-corrected chi connectivity index (χ3v) is 6.80. The highest BCUT2D eigenvalue weighted by Crippen LogP contribution is 2.25. The van der Waals surface area contributed by atoms with Crippen LogP contribution in [0.3, 0.4) is 0 Å². The van der Waals surface area contributed by atoms with Gasteiger partial charge in [0.2, 0.25) is 10.0 Å². The molecular formula is C19H22N4O3S. The molecule has 0 spiro atoms. The number of nitrogens with one attached hydrogen (secondary N) is 1. The van der Waals surface area contributed by atoms with Crippen LogP contribution in [0.25, 0.3) is 10.9 Å². The number of hydrogen-bond donors (Lipinski definition) is 1. The van der Waals surface area contributed by atoms with Gasteiger partial charge < -0.3 is 4.74 Å². The lowest BCUT2D eigenvalue weighted by Gasteiger charge is -2.19. The van der Waals surface area contributed by atoms with Crippen LogP contribution in [0.2, 0.25) is 0 Å². The van der Waals surface area contributed by atoms with Crippen LogP contribution in [0, 0.1) is 12.8 Å². The molecule has 1 aromatic carbocycles. The van der Waals surface area contributed by atoms with Gasteiger partial charge in [0.25, 0.3) is 0 Å². The molecule has 0 bridgehead atoms. The topological polar surface area (TPSA) is 86.1 Å². The zero-order valence-electron chi connectivity index (χ0n) is 15.3. The van der Waals surface area contributed by atoms with E-state index in [9.17, 15) is 8.42 Å². The first kappa shape index (κ1) is 18.1. The predicted molar refractivity (Wildman–Crippen MR) is 102 cm³/mol. The molecule has 8 heteroatoms. The van der Waals surface area contributed by atoms with Crippen molar-refractivity contribution in [2.24, 2.45) is 13.0 Å². The molecule has 1 fully saturated rings. The maximum Gasteiger partial charge on any atom is 0.244 e. The van der Waals surface area contributed by atoms with Crippen molar-refractivity contribution in [1.82, 2.24) is 19.5 Å². The molecule has 2 aromatic heterocycles. The van der Waals surface area contributed by atoms with Crippen LogP contribution in [0.1, 0.15) is 11.3 Å². The van der Waals surface area contributed by atoms with E-state index in [0.717, 1.165) is 22.9 Å². The lowest BCUT2D eigenvalue weighted by molar-refractivity contribution is 0.183. The van der Waals surface area contributed by atoms with Gasteiger partial charge in [-0.3, -0.25) is 9.67 Å². The minimum Gasteiger partial charge on any atom is -0.379 e. The summed E-state index contributed by atoms with van der Waals surface area (Å²) in [4.78, 5) is 4.61. The number of benzene rings is 1. The van der Waals surface area contributed by atoms with Gasteiger partial charge in [0, 0.05) is 24.5 Å². The first-order valence-electron chi connectivity index (χ1n) is 8.87. The number of fused-ring (bicyclic) bond motifs is 1. The average Bonchev–Trinajstić information content (AvgIpc) is 3.22. The van der Waals surface area contributed by atoms with E-state index in [0.29, 0.717) is 18.9 Å². The molecule has 0 radical (unpaired) electrons. The highest BCUT2D eigenvalue weighted by Gasteiger charge is 2.33. The molecule has 0 saturated carbocycles. The van der Waals surface area contributed by atoms with Crippen molar-refractivity contribution in [2.75, 3.05) is 13.2 Å². The number of rotatable bonds is 5. The number of ether oxygens (including phenoxy) is 1.